The van der Waals surface area contributed by atoms with Crippen molar-refractivity contribution in [2.45, 2.75) is 18.7 Å². The number of carbonyl (C=O) groups is 2. The van der Waals surface area contributed by atoms with E-state index in [1.165, 1.54) is 24.3 Å². The molecule has 2 N–H and O–H groups in total. The fourth-order valence-corrected chi connectivity index (χ4v) is 2.41. The normalized spacial score (nSPS) is 10.9. The predicted molar refractivity (Wildman–Crippen MR) is 72.6 cm³/mol. The minimum absolute atomic E-state index is 0.0773. The third-order valence-corrected chi connectivity index (χ3v) is 3.78. The summed E-state index contributed by atoms with van der Waals surface area (Å²) in [6, 6.07) is 5.44. The molecule has 110 valence electrons. The summed E-state index contributed by atoms with van der Waals surface area (Å²) in [7, 11) is -3.53. The second kappa shape index (κ2) is 7.01. The number of anilines is 1. The Bertz CT molecular complexity index is 580. The van der Waals surface area contributed by atoms with Crippen LogP contribution in [0.1, 0.15) is 13.8 Å². The minimum atomic E-state index is -3.53. The summed E-state index contributed by atoms with van der Waals surface area (Å²) in [5, 5.41) is 2.31. The van der Waals surface area contributed by atoms with Crippen molar-refractivity contribution >= 4 is 27.6 Å². The van der Waals surface area contributed by atoms with Gasteiger partial charge in [0, 0.05) is 12.2 Å². The molecule has 0 fully saturated rings. The first kappa shape index (κ1) is 16.1. The first-order chi connectivity index (χ1) is 9.40. The number of hydrogen-bond donors (Lipinski definition) is 2. The third-order valence-electron chi connectivity index (χ3n) is 2.22. The molecule has 20 heavy (non-hydrogen) atoms. The van der Waals surface area contributed by atoms with Crippen molar-refractivity contribution in [3.05, 3.63) is 24.3 Å². The maximum absolute atomic E-state index is 11.7. The van der Waals surface area contributed by atoms with Gasteiger partial charge in [-0.2, -0.15) is 0 Å². The Hall–Kier alpha value is -1.93. The lowest BCUT2D eigenvalue weighted by molar-refractivity contribution is -0.152. The molecule has 0 unspecified atom stereocenters. The van der Waals surface area contributed by atoms with Gasteiger partial charge in [0.1, 0.15) is 0 Å². The van der Waals surface area contributed by atoms with Crippen molar-refractivity contribution in [2.24, 2.45) is 0 Å². The van der Waals surface area contributed by atoms with E-state index >= 15 is 0 Å². The lowest BCUT2D eigenvalue weighted by atomic mass is 10.3. The van der Waals surface area contributed by atoms with Crippen molar-refractivity contribution in [1.29, 1.82) is 0 Å². The Morgan fingerprint density at radius 2 is 1.75 bits per heavy atom. The number of carbonyl (C=O) groups excluding carboxylic acids is 2. The van der Waals surface area contributed by atoms with Crippen molar-refractivity contribution < 1.29 is 22.7 Å². The van der Waals surface area contributed by atoms with Gasteiger partial charge in [0.25, 0.3) is 0 Å². The molecule has 7 nitrogen and oxygen atoms in total. The first-order valence-corrected chi connectivity index (χ1v) is 7.46. The van der Waals surface area contributed by atoms with Gasteiger partial charge in [0.15, 0.2) is 0 Å². The maximum Gasteiger partial charge on any atom is 0.397 e. The number of nitrogens with one attached hydrogen (secondary N) is 2. The second-order valence-corrected chi connectivity index (χ2v) is 5.47. The number of sulfonamides is 1. The van der Waals surface area contributed by atoms with Crippen molar-refractivity contribution in [2.75, 3.05) is 18.5 Å². The Balaban J connectivity index is 2.77. The molecule has 0 spiro atoms. The summed E-state index contributed by atoms with van der Waals surface area (Å²) in [6.45, 7) is 3.65. The minimum Gasteiger partial charge on any atom is -0.459 e. The molecule has 0 saturated heterocycles. The van der Waals surface area contributed by atoms with E-state index in [1.54, 1.807) is 13.8 Å². The van der Waals surface area contributed by atoms with Crippen LogP contribution >= 0.6 is 0 Å². The number of rotatable bonds is 5. The monoisotopic (exact) mass is 300 g/mol. The van der Waals surface area contributed by atoms with Crippen LogP contribution in [0.2, 0.25) is 0 Å². The average molecular weight is 300 g/mol. The molecule has 0 saturated carbocycles. The van der Waals surface area contributed by atoms with Gasteiger partial charge in [-0.05, 0) is 31.2 Å². The zero-order chi connectivity index (χ0) is 15.2. The van der Waals surface area contributed by atoms with Gasteiger partial charge in [-0.25, -0.2) is 17.9 Å². The van der Waals surface area contributed by atoms with Crippen LogP contribution in [0, 0.1) is 0 Å². The van der Waals surface area contributed by atoms with Crippen molar-refractivity contribution in [3.63, 3.8) is 0 Å². The fraction of sp³-hybridized carbons (Fsp3) is 0.333. The Kier molecular flexibility index (Phi) is 5.66. The van der Waals surface area contributed by atoms with E-state index in [0.29, 0.717) is 5.69 Å². The number of amides is 1. The molecular weight excluding hydrogens is 284 g/mol. The van der Waals surface area contributed by atoms with Crippen molar-refractivity contribution in [3.8, 4) is 0 Å². The molecule has 0 heterocycles. The van der Waals surface area contributed by atoms with Crippen LogP contribution in [0.25, 0.3) is 0 Å². The Labute approximate surface area is 117 Å². The molecule has 0 aromatic heterocycles. The van der Waals surface area contributed by atoms with Gasteiger partial charge >= 0.3 is 11.9 Å². The summed E-state index contributed by atoms with van der Waals surface area (Å²) in [6.07, 6.45) is 0. The van der Waals surface area contributed by atoms with Gasteiger partial charge < -0.3 is 10.1 Å². The summed E-state index contributed by atoms with van der Waals surface area (Å²) in [5.41, 5.74) is 0.304. The Morgan fingerprint density at radius 1 is 1.15 bits per heavy atom. The van der Waals surface area contributed by atoms with Gasteiger partial charge in [0.05, 0.1) is 11.5 Å². The third kappa shape index (κ3) is 4.32. The zero-order valence-electron chi connectivity index (χ0n) is 11.2. The van der Waals surface area contributed by atoms with Crippen LogP contribution in [0.5, 0.6) is 0 Å². The highest BCUT2D eigenvalue weighted by Crippen LogP contribution is 2.13. The van der Waals surface area contributed by atoms with Crippen LogP contribution in [-0.2, 0) is 24.3 Å². The highest BCUT2D eigenvalue weighted by molar-refractivity contribution is 7.89. The van der Waals surface area contributed by atoms with Gasteiger partial charge in [0.2, 0.25) is 10.0 Å². The van der Waals surface area contributed by atoms with E-state index in [1.807, 2.05) is 0 Å². The van der Waals surface area contributed by atoms with Crippen molar-refractivity contribution in [1.82, 2.24) is 4.72 Å². The van der Waals surface area contributed by atoms with Crippen LogP contribution in [0.4, 0.5) is 5.69 Å². The SMILES string of the molecule is CCNS(=O)(=O)c1ccc(NC(=O)C(=O)OCC)cc1. The molecule has 1 amide bonds. The second-order valence-electron chi connectivity index (χ2n) is 3.70. The van der Waals surface area contributed by atoms with Gasteiger partial charge in [-0.3, -0.25) is 4.79 Å². The molecule has 0 radical (unpaired) electrons. The van der Waals surface area contributed by atoms with Gasteiger partial charge in [-0.1, -0.05) is 6.92 Å². The van der Waals surface area contributed by atoms with E-state index < -0.39 is 21.9 Å². The molecule has 1 aromatic carbocycles. The van der Waals surface area contributed by atoms with E-state index in [0.717, 1.165) is 0 Å². The summed E-state index contributed by atoms with van der Waals surface area (Å²) < 4.78 is 30.2. The fourth-order valence-electron chi connectivity index (χ4n) is 1.37. The molecule has 0 aliphatic carbocycles. The highest BCUT2D eigenvalue weighted by atomic mass is 32.2. The predicted octanol–water partition coefficient (Wildman–Crippen LogP) is 0.486. The molecule has 0 bridgehead atoms. The first-order valence-electron chi connectivity index (χ1n) is 5.98. The number of ether oxygens (including phenoxy) is 1. The van der Waals surface area contributed by atoms with Crippen LogP contribution in [0.3, 0.4) is 0 Å². The highest BCUT2D eigenvalue weighted by Gasteiger charge is 2.16. The lowest BCUT2D eigenvalue weighted by Gasteiger charge is -2.07. The van der Waals surface area contributed by atoms with Gasteiger partial charge in [-0.15, -0.1) is 0 Å². The van der Waals surface area contributed by atoms with E-state index in [4.69, 9.17) is 0 Å². The number of benzene rings is 1. The summed E-state index contributed by atoms with van der Waals surface area (Å²) >= 11 is 0. The molecule has 0 aliphatic rings. The summed E-state index contributed by atoms with van der Waals surface area (Å²) in [4.78, 5) is 22.6. The smallest absolute Gasteiger partial charge is 0.397 e. The molecule has 0 aliphatic heterocycles. The van der Waals surface area contributed by atoms with E-state index in [-0.39, 0.29) is 18.0 Å². The van der Waals surface area contributed by atoms with E-state index in [9.17, 15) is 18.0 Å². The van der Waals surface area contributed by atoms with Crippen LogP contribution in [0.15, 0.2) is 29.2 Å². The van der Waals surface area contributed by atoms with Crippen LogP contribution in [-0.4, -0.2) is 33.4 Å². The summed E-state index contributed by atoms with van der Waals surface area (Å²) in [5.74, 6) is -1.90. The zero-order valence-corrected chi connectivity index (χ0v) is 12.0. The molecule has 1 aromatic rings. The molecule has 0 atom stereocenters. The molecule has 8 heteroatoms. The lowest BCUT2D eigenvalue weighted by Crippen LogP contribution is -2.25. The number of esters is 1. The van der Waals surface area contributed by atoms with Crippen LogP contribution < -0.4 is 10.0 Å². The quantitative estimate of drug-likeness (QED) is 0.608. The topological polar surface area (TPSA) is 102 Å². The standard InChI is InChI=1S/C12H16N2O5S/c1-3-13-20(17,18)10-7-5-9(6-8-10)14-11(15)12(16)19-4-2/h5-8,13H,3-4H2,1-2H3,(H,14,15). The number of hydrogen-bond acceptors (Lipinski definition) is 5. The molecular formula is C12H16N2O5S. The largest absolute Gasteiger partial charge is 0.459 e. The Morgan fingerprint density at radius 3 is 2.25 bits per heavy atom. The van der Waals surface area contributed by atoms with E-state index in [2.05, 4.69) is 14.8 Å². The average Bonchev–Trinajstić information content (AvgIpc) is 2.39. The molecule has 1 rings (SSSR count). The maximum atomic E-state index is 11.7.